The Kier molecular flexibility index (Phi) is 4.15. The van der Waals surface area contributed by atoms with E-state index in [0.717, 1.165) is 15.6 Å². The highest BCUT2D eigenvalue weighted by atomic mass is 79.9. The molecule has 0 atom stereocenters. The van der Waals surface area contributed by atoms with E-state index >= 15 is 0 Å². The van der Waals surface area contributed by atoms with E-state index in [-0.39, 0.29) is 12.2 Å². The average Bonchev–Trinajstić information content (AvgIpc) is 2.35. The van der Waals surface area contributed by atoms with Crippen LogP contribution in [0.3, 0.4) is 0 Å². The van der Waals surface area contributed by atoms with Crippen LogP contribution in [0.5, 0.6) is 0 Å². The number of hydrogen-bond donors (Lipinski definition) is 0. The zero-order valence-corrected chi connectivity index (χ0v) is 12.1. The Balaban J connectivity index is 2.22. The lowest BCUT2D eigenvalue weighted by molar-refractivity contribution is 0.0993. The molecule has 2 aromatic rings. The highest BCUT2D eigenvalue weighted by Crippen LogP contribution is 2.20. The lowest BCUT2D eigenvalue weighted by Crippen LogP contribution is -2.04. The van der Waals surface area contributed by atoms with Crippen LogP contribution in [0.15, 0.2) is 41.1 Å². The molecule has 2 rings (SSSR count). The summed E-state index contributed by atoms with van der Waals surface area (Å²) in [4.78, 5) is 16.0. The van der Waals surface area contributed by atoms with Crippen LogP contribution in [0.4, 0.5) is 0 Å². The molecular weight excluding hydrogens is 314 g/mol. The van der Waals surface area contributed by atoms with Gasteiger partial charge in [-0.25, -0.2) is 0 Å². The number of nitrogens with zero attached hydrogens (tertiary/aromatic N) is 1. The van der Waals surface area contributed by atoms with Gasteiger partial charge in [-0.15, -0.1) is 0 Å². The van der Waals surface area contributed by atoms with Crippen molar-refractivity contribution in [1.29, 1.82) is 0 Å². The number of hydrogen-bond acceptors (Lipinski definition) is 2. The van der Waals surface area contributed by atoms with Crippen molar-refractivity contribution in [2.75, 3.05) is 0 Å². The number of halogens is 2. The third kappa shape index (κ3) is 2.98. The first-order chi connectivity index (χ1) is 8.58. The summed E-state index contributed by atoms with van der Waals surface area (Å²) in [7, 11) is 0. The Morgan fingerprint density at radius 1 is 1.39 bits per heavy atom. The molecule has 0 aliphatic carbocycles. The zero-order chi connectivity index (χ0) is 13.1. The van der Waals surface area contributed by atoms with Crippen LogP contribution in [-0.4, -0.2) is 10.8 Å². The fraction of sp³-hybridized carbons (Fsp3) is 0.143. The molecule has 0 amide bonds. The molecule has 4 heteroatoms. The zero-order valence-electron chi connectivity index (χ0n) is 9.78. The molecule has 0 unspecified atom stereocenters. The van der Waals surface area contributed by atoms with Gasteiger partial charge < -0.3 is 0 Å². The van der Waals surface area contributed by atoms with Gasteiger partial charge in [0.2, 0.25) is 0 Å². The van der Waals surface area contributed by atoms with Crippen molar-refractivity contribution in [3.05, 3.63) is 62.8 Å². The molecular formula is C14H11BrClNO. The fourth-order valence-electron chi connectivity index (χ4n) is 1.59. The normalized spacial score (nSPS) is 10.4. The molecule has 1 aromatic heterocycles. The largest absolute Gasteiger partial charge is 0.294 e. The summed E-state index contributed by atoms with van der Waals surface area (Å²) in [6.07, 6.45) is 3.48. The molecule has 18 heavy (non-hydrogen) atoms. The first-order valence-corrected chi connectivity index (χ1v) is 6.63. The molecule has 0 bridgehead atoms. The van der Waals surface area contributed by atoms with Gasteiger partial charge >= 0.3 is 0 Å². The molecule has 0 aliphatic heterocycles. The number of rotatable bonds is 3. The van der Waals surface area contributed by atoms with E-state index in [1.807, 2.05) is 25.1 Å². The van der Waals surface area contributed by atoms with Gasteiger partial charge in [-0.1, -0.05) is 39.7 Å². The van der Waals surface area contributed by atoms with Crippen molar-refractivity contribution in [2.24, 2.45) is 0 Å². The number of aromatic nitrogens is 1. The van der Waals surface area contributed by atoms with Crippen LogP contribution < -0.4 is 0 Å². The minimum atomic E-state index is 0.0452. The number of aryl methyl sites for hydroxylation is 1. The van der Waals surface area contributed by atoms with Crippen LogP contribution in [0, 0.1) is 6.92 Å². The Morgan fingerprint density at radius 3 is 2.83 bits per heavy atom. The van der Waals surface area contributed by atoms with Gasteiger partial charge in [-0.2, -0.15) is 0 Å². The second-order valence-electron chi connectivity index (χ2n) is 4.03. The molecule has 0 N–H and O–H groups in total. The molecule has 0 spiro atoms. The number of Topliss-reactive ketones (excluding diaryl/α,β-unsaturated/α-hetero) is 1. The maximum absolute atomic E-state index is 12.1. The van der Waals surface area contributed by atoms with Gasteiger partial charge in [0, 0.05) is 28.9 Å². The standard InChI is InChI=1S/C14H11BrClNO/c1-9-2-3-11(6-12(9)15)14(18)7-10-4-5-17-8-13(10)16/h2-6,8H,7H2,1H3. The number of carbonyl (C=O) groups excluding carboxylic acids is 1. The smallest absolute Gasteiger partial charge is 0.167 e. The molecule has 1 aromatic carbocycles. The van der Waals surface area contributed by atoms with Crippen molar-refractivity contribution in [3.63, 3.8) is 0 Å². The minimum absolute atomic E-state index is 0.0452. The predicted octanol–water partition coefficient (Wildman–Crippen LogP) is 4.23. The Hall–Kier alpha value is -1.19. The highest BCUT2D eigenvalue weighted by molar-refractivity contribution is 9.10. The van der Waals surface area contributed by atoms with Crippen LogP contribution in [0.25, 0.3) is 0 Å². The molecule has 92 valence electrons. The van der Waals surface area contributed by atoms with E-state index in [0.29, 0.717) is 10.6 Å². The summed E-state index contributed by atoms with van der Waals surface area (Å²) < 4.78 is 0.939. The lowest BCUT2D eigenvalue weighted by atomic mass is 10.0. The van der Waals surface area contributed by atoms with E-state index in [1.54, 1.807) is 18.5 Å². The Labute approximate surface area is 119 Å². The van der Waals surface area contributed by atoms with Crippen LogP contribution in [0.1, 0.15) is 21.5 Å². The quantitative estimate of drug-likeness (QED) is 0.791. The van der Waals surface area contributed by atoms with Crippen molar-refractivity contribution in [1.82, 2.24) is 4.98 Å². The second-order valence-corrected chi connectivity index (χ2v) is 5.29. The molecule has 0 fully saturated rings. The van der Waals surface area contributed by atoms with Gasteiger partial charge in [0.1, 0.15) is 0 Å². The fourth-order valence-corrected chi connectivity index (χ4v) is 2.15. The molecule has 0 radical (unpaired) electrons. The summed E-state index contributed by atoms with van der Waals surface area (Å²) in [5.41, 5.74) is 2.59. The summed E-state index contributed by atoms with van der Waals surface area (Å²) in [5, 5.41) is 0.525. The van der Waals surface area contributed by atoms with E-state index < -0.39 is 0 Å². The second kappa shape index (κ2) is 5.63. The maximum Gasteiger partial charge on any atom is 0.167 e. The summed E-state index contributed by atoms with van der Waals surface area (Å²) in [6, 6.07) is 7.36. The molecule has 0 aliphatic rings. The van der Waals surface area contributed by atoms with E-state index in [4.69, 9.17) is 11.6 Å². The average molecular weight is 325 g/mol. The third-order valence-electron chi connectivity index (χ3n) is 2.70. The first-order valence-electron chi connectivity index (χ1n) is 5.45. The molecule has 2 nitrogen and oxygen atoms in total. The van der Waals surface area contributed by atoms with Crippen LogP contribution in [-0.2, 0) is 6.42 Å². The SMILES string of the molecule is Cc1ccc(C(=O)Cc2ccncc2Cl)cc1Br. The van der Waals surface area contributed by atoms with Gasteiger partial charge in [-0.3, -0.25) is 9.78 Å². The molecule has 0 saturated carbocycles. The van der Waals surface area contributed by atoms with Crippen molar-refractivity contribution in [2.45, 2.75) is 13.3 Å². The number of benzene rings is 1. The maximum atomic E-state index is 12.1. The molecule has 1 heterocycles. The van der Waals surface area contributed by atoms with Crippen molar-refractivity contribution in [3.8, 4) is 0 Å². The highest BCUT2D eigenvalue weighted by Gasteiger charge is 2.10. The third-order valence-corrected chi connectivity index (χ3v) is 3.90. The first kappa shape index (κ1) is 13.2. The molecule has 0 saturated heterocycles. The van der Waals surface area contributed by atoms with E-state index in [2.05, 4.69) is 20.9 Å². The Bertz CT molecular complexity index is 598. The van der Waals surface area contributed by atoms with Crippen LogP contribution >= 0.6 is 27.5 Å². The summed E-state index contributed by atoms with van der Waals surface area (Å²) in [6.45, 7) is 1.98. The van der Waals surface area contributed by atoms with Crippen molar-refractivity contribution < 1.29 is 4.79 Å². The monoisotopic (exact) mass is 323 g/mol. The minimum Gasteiger partial charge on any atom is -0.294 e. The van der Waals surface area contributed by atoms with Crippen molar-refractivity contribution >= 4 is 33.3 Å². The summed E-state index contributed by atoms with van der Waals surface area (Å²) >= 11 is 9.41. The van der Waals surface area contributed by atoms with Gasteiger partial charge in [0.15, 0.2) is 5.78 Å². The van der Waals surface area contributed by atoms with E-state index in [9.17, 15) is 4.79 Å². The van der Waals surface area contributed by atoms with Gasteiger partial charge in [-0.05, 0) is 30.2 Å². The van der Waals surface area contributed by atoms with E-state index in [1.165, 1.54) is 0 Å². The van der Waals surface area contributed by atoms with Gasteiger partial charge in [0.25, 0.3) is 0 Å². The Morgan fingerprint density at radius 2 is 2.17 bits per heavy atom. The predicted molar refractivity (Wildman–Crippen MR) is 76.2 cm³/mol. The lowest BCUT2D eigenvalue weighted by Gasteiger charge is -2.05. The number of ketones is 1. The van der Waals surface area contributed by atoms with Gasteiger partial charge in [0.05, 0.1) is 5.02 Å². The number of pyridine rings is 1. The summed E-state index contributed by atoms with van der Waals surface area (Å²) in [5.74, 6) is 0.0452. The topological polar surface area (TPSA) is 30.0 Å². The van der Waals surface area contributed by atoms with Crippen LogP contribution in [0.2, 0.25) is 5.02 Å². The number of carbonyl (C=O) groups is 1.